The number of carbonyl (C=O) groups is 2. The highest BCUT2D eigenvalue weighted by atomic mass is 35.5. The number of aromatic nitrogens is 2. The summed E-state index contributed by atoms with van der Waals surface area (Å²) in [6.45, 7) is 6.46. The van der Waals surface area contributed by atoms with E-state index in [1.165, 1.54) is 4.90 Å². The Morgan fingerprint density at radius 3 is 2.63 bits per heavy atom. The van der Waals surface area contributed by atoms with Crippen molar-refractivity contribution in [3.05, 3.63) is 41.0 Å². The first kappa shape index (κ1) is 19.4. The molecule has 0 spiro atoms. The lowest BCUT2D eigenvalue weighted by Crippen LogP contribution is -2.48. The number of rotatable bonds is 3. The highest BCUT2D eigenvalue weighted by molar-refractivity contribution is 6.33. The first-order chi connectivity index (χ1) is 12.7. The Bertz CT molecular complexity index is 872. The molecule has 7 nitrogen and oxygen atoms in total. The predicted molar refractivity (Wildman–Crippen MR) is 101 cm³/mol. The fourth-order valence-corrected chi connectivity index (χ4v) is 3.10. The molecule has 1 saturated heterocycles. The number of halogens is 1. The number of carboxylic acids is 1. The Morgan fingerprint density at radius 1 is 1.30 bits per heavy atom. The van der Waals surface area contributed by atoms with E-state index in [2.05, 4.69) is 5.10 Å². The van der Waals surface area contributed by atoms with Gasteiger partial charge in [-0.1, -0.05) is 29.8 Å². The molecule has 0 saturated carbocycles. The molecule has 0 unspecified atom stereocenters. The number of carbonyl (C=O) groups excluding carboxylic acids is 1. The molecule has 8 heteroatoms. The molecule has 144 valence electrons. The molecule has 1 atom stereocenters. The van der Waals surface area contributed by atoms with Gasteiger partial charge in [-0.15, -0.1) is 0 Å². The third-order valence-corrected chi connectivity index (χ3v) is 4.72. The van der Waals surface area contributed by atoms with Gasteiger partial charge < -0.3 is 14.7 Å². The molecule has 1 N–H and O–H groups in total. The third-order valence-electron chi connectivity index (χ3n) is 4.39. The average Bonchev–Trinajstić information content (AvgIpc) is 3.07. The van der Waals surface area contributed by atoms with E-state index in [0.717, 1.165) is 0 Å². The van der Waals surface area contributed by atoms with E-state index < -0.39 is 12.1 Å². The first-order valence-corrected chi connectivity index (χ1v) is 9.05. The summed E-state index contributed by atoms with van der Waals surface area (Å²) in [5.74, 6) is -1.36. The van der Waals surface area contributed by atoms with Crippen molar-refractivity contribution in [2.75, 3.05) is 19.7 Å². The molecule has 0 radical (unpaired) electrons. The van der Waals surface area contributed by atoms with Gasteiger partial charge in [0.05, 0.1) is 29.3 Å². The summed E-state index contributed by atoms with van der Waals surface area (Å²) in [5, 5.41) is 14.3. The molecule has 3 rings (SSSR count). The second-order valence-electron chi connectivity index (χ2n) is 7.44. The minimum absolute atomic E-state index is 0.00315. The molecule has 2 aromatic rings. The quantitative estimate of drug-likeness (QED) is 0.869. The topological polar surface area (TPSA) is 84.7 Å². The van der Waals surface area contributed by atoms with Crippen LogP contribution in [0, 0.1) is 0 Å². The maximum absolute atomic E-state index is 13.2. The number of benzene rings is 1. The smallest absolute Gasteiger partial charge is 0.334 e. The van der Waals surface area contributed by atoms with Crippen LogP contribution in [0.1, 0.15) is 31.1 Å². The van der Waals surface area contributed by atoms with Gasteiger partial charge in [-0.3, -0.25) is 9.48 Å². The van der Waals surface area contributed by atoms with Crippen LogP contribution in [-0.4, -0.2) is 57.5 Å². The molecule has 0 bridgehead atoms. The fraction of sp³-hybridized carbons (Fsp3) is 0.421. The molecule has 1 aliphatic heterocycles. The van der Waals surface area contributed by atoms with Crippen LogP contribution in [0.2, 0.25) is 5.02 Å². The van der Waals surface area contributed by atoms with Crippen LogP contribution >= 0.6 is 11.6 Å². The average molecular weight is 392 g/mol. The Morgan fingerprint density at radius 2 is 2.00 bits per heavy atom. The summed E-state index contributed by atoms with van der Waals surface area (Å²) < 4.78 is 6.94. The third kappa shape index (κ3) is 3.99. The minimum atomic E-state index is -1.08. The van der Waals surface area contributed by atoms with Gasteiger partial charge in [0.2, 0.25) is 0 Å². The van der Waals surface area contributed by atoms with E-state index in [9.17, 15) is 14.7 Å². The van der Waals surface area contributed by atoms with Gasteiger partial charge in [0.1, 0.15) is 5.69 Å². The van der Waals surface area contributed by atoms with Crippen LogP contribution in [0.4, 0.5) is 0 Å². The number of aliphatic carboxylic acids is 1. The Balaban J connectivity index is 2.03. The standard InChI is InChI=1S/C19H22ClN3O4/c1-19(2,3)23-10-13(16(21-23)12-6-4-5-7-14(12)20)17(24)22-8-9-27-15(11-22)18(25)26/h4-7,10,15H,8-9,11H2,1-3H3,(H,25,26)/t15-/m0/s1. The van der Waals surface area contributed by atoms with Gasteiger partial charge in [-0.05, 0) is 26.8 Å². The van der Waals surface area contributed by atoms with Crippen molar-refractivity contribution in [2.24, 2.45) is 0 Å². The zero-order valence-corrected chi connectivity index (χ0v) is 16.2. The van der Waals surface area contributed by atoms with E-state index in [4.69, 9.17) is 16.3 Å². The van der Waals surface area contributed by atoms with Crippen molar-refractivity contribution in [1.82, 2.24) is 14.7 Å². The summed E-state index contributed by atoms with van der Waals surface area (Å²) in [6.07, 6.45) is 0.677. The fourth-order valence-electron chi connectivity index (χ4n) is 2.88. The van der Waals surface area contributed by atoms with E-state index in [1.807, 2.05) is 39.0 Å². The highest BCUT2D eigenvalue weighted by Gasteiger charge is 2.32. The second kappa shape index (κ2) is 7.32. The van der Waals surface area contributed by atoms with Gasteiger partial charge in [0.25, 0.3) is 5.91 Å². The van der Waals surface area contributed by atoms with Gasteiger partial charge in [0, 0.05) is 18.3 Å². The molecular formula is C19H22ClN3O4. The lowest BCUT2D eigenvalue weighted by Gasteiger charge is -2.30. The monoisotopic (exact) mass is 391 g/mol. The highest BCUT2D eigenvalue weighted by Crippen LogP contribution is 2.31. The van der Waals surface area contributed by atoms with Crippen molar-refractivity contribution in [3.63, 3.8) is 0 Å². The molecule has 1 fully saturated rings. The van der Waals surface area contributed by atoms with Crippen molar-refractivity contribution in [2.45, 2.75) is 32.4 Å². The van der Waals surface area contributed by atoms with Crippen molar-refractivity contribution < 1.29 is 19.4 Å². The summed E-state index contributed by atoms with van der Waals surface area (Å²) in [6, 6.07) is 7.21. The zero-order valence-electron chi connectivity index (χ0n) is 15.5. The number of hydrogen-bond acceptors (Lipinski definition) is 4. The molecule has 1 amide bonds. The second-order valence-corrected chi connectivity index (χ2v) is 7.84. The van der Waals surface area contributed by atoms with E-state index in [1.54, 1.807) is 16.9 Å². The molecule has 1 aromatic heterocycles. The van der Waals surface area contributed by atoms with E-state index >= 15 is 0 Å². The van der Waals surface area contributed by atoms with Gasteiger partial charge in [-0.2, -0.15) is 5.10 Å². The van der Waals surface area contributed by atoms with Crippen LogP contribution < -0.4 is 0 Å². The van der Waals surface area contributed by atoms with Gasteiger partial charge >= 0.3 is 5.97 Å². The van der Waals surface area contributed by atoms with Crippen molar-refractivity contribution >= 4 is 23.5 Å². The van der Waals surface area contributed by atoms with E-state index in [0.29, 0.717) is 28.4 Å². The van der Waals surface area contributed by atoms with Crippen LogP contribution in [0.5, 0.6) is 0 Å². The molecule has 2 heterocycles. The zero-order chi connectivity index (χ0) is 19.8. The molecule has 1 aliphatic rings. The van der Waals surface area contributed by atoms with Crippen LogP contribution in [0.25, 0.3) is 11.3 Å². The van der Waals surface area contributed by atoms with Crippen LogP contribution in [0.3, 0.4) is 0 Å². The first-order valence-electron chi connectivity index (χ1n) is 8.67. The summed E-state index contributed by atoms with van der Waals surface area (Å²) in [4.78, 5) is 25.9. The summed E-state index contributed by atoms with van der Waals surface area (Å²) in [7, 11) is 0. The number of hydrogen-bond donors (Lipinski definition) is 1. The van der Waals surface area contributed by atoms with Crippen LogP contribution in [0.15, 0.2) is 30.5 Å². The summed E-state index contributed by atoms with van der Waals surface area (Å²) >= 11 is 6.34. The SMILES string of the molecule is CC(C)(C)n1cc(C(=O)N2CCO[C@H](C(=O)O)C2)c(-c2ccccc2Cl)n1. The maximum Gasteiger partial charge on any atom is 0.334 e. The molecular weight excluding hydrogens is 370 g/mol. The van der Waals surface area contributed by atoms with Crippen molar-refractivity contribution in [1.29, 1.82) is 0 Å². The number of ether oxygens (including phenoxy) is 1. The van der Waals surface area contributed by atoms with Crippen LogP contribution in [-0.2, 0) is 15.1 Å². The maximum atomic E-state index is 13.2. The number of nitrogens with zero attached hydrogens (tertiary/aromatic N) is 3. The molecule has 1 aromatic carbocycles. The predicted octanol–water partition coefficient (Wildman–Crippen LogP) is 2.88. The largest absolute Gasteiger partial charge is 0.479 e. The lowest BCUT2D eigenvalue weighted by molar-refractivity contribution is -0.154. The summed E-state index contributed by atoms with van der Waals surface area (Å²) in [5.41, 5.74) is 1.21. The Kier molecular flexibility index (Phi) is 5.26. The lowest BCUT2D eigenvalue weighted by atomic mass is 10.1. The number of amides is 1. The number of morpholine rings is 1. The molecule has 0 aliphatic carbocycles. The molecule has 27 heavy (non-hydrogen) atoms. The van der Waals surface area contributed by atoms with Gasteiger partial charge in [0.15, 0.2) is 6.10 Å². The van der Waals surface area contributed by atoms with E-state index in [-0.39, 0.29) is 24.6 Å². The van der Waals surface area contributed by atoms with Gasteiger partial charge in [-0.25, -0.2) is 4.79 Å². The minimum Gasteiger partial charge on any atom is -0.479 e. The Hall–Kier alpha value is -2.38. The van der Waals surface area contributed by atoms with Crippen molar-refractivity contribution in [3.8, 4) is 11.3 Å². The normalized spacial score (nSPS) is 17.8. The number of carboxylic acid groups (broad SMARTS) is 1. The Labute approximate surface area is 162 Å².